The number of amides is 1. The van der Waals surface area contributed by atoms with E-state index in [0.717, 1.165) is 11.3 Å². The molecule has 0 aliphatic heterocycles. The summed E-state index contributed by atoms with van der Waals surface area (Å²) in [4.78, 5) is 11.7. The van der Waals surface area contributed by atoms with E-state index in [1.807, 2.05) is 45.0 Å². The number of nitrogens with one attached hydrogen (secondary N) is 1. The van der Waals surface area contributed by atoms with Crippen LogP contribution < -0.4 is 10.1 Å². The van der Waals surface area contributed by atoms with Gasteiger partial charge in [-0.05, 0) is 38.5 Å². The van der Waals surface area contributed by atoms with Crippen LogP contribution in [0.15, 0.2) is 24.3 Å². The number of benzene rings is 1. The van der Waals surface area contributed by atoms with Crippen molar-refractivity contribution in [3.63, 3.8) is 0 Å². The van der Waals surface area contributed by atoms with Crippen LogP contribution in [0.1, 0.15) is 38.7 Å². The third-order valence-corrected chi connectivity index (χ3v) is 2.57. The molecule has 0 radical (unpaired) electrons. The summed E-state index contributed by atoms with van der Waals surface area (Å²) in [6.45, 7) is 6.28. The first kappa shape index (κ1) is 15.0. The second-order valence-electron chi connectivity index (χ2n) is 4.61. The van der Waals surface area contributed by atoms with Crippen molar-refractivity contribution in [2.45, 2.75) is 39.2 Å². The molecular formula is C15H20N2O2. The highest BCUT2D eigenvalue weighted by Crippen LogP contribution is 2.23. The van der Waals surface area contributed by atoms with E-state index in [2.05, 4.69) is 11.4 Å². The number of hydrogen-bond donors (Lipinski definition) is 1. The highest BCUT2D eigenvalue weighted by Gasteiger charge is 2.16. The van der Waals surface area contributed by atoms with E-state index in [4.69, 9.17) is 4.74 Å². The van der Waals surface area contributed by atoms with Gasteiger partial charge in [0, 0.05) is 12.5 Å². The van der Waals surface area contributed by atoms with E-state index in [1.54, 1.807) is 0 Å². The van der Waals surface area contributed by atoms with E-state index in [0.29, 0.717) is 6.61 Å². The van der Waals surface area contributed by atoms with Crippen LogP contribution in [0.25, 0.3) is 0 Å². The van der Waals surface area contributed by atoms with Gasteiger partial charge in [-0.3, -0.25) is 4.79 Å². The lowest BCUT2D eigenvalue weighted by Crippen LogP contribution is -2.31. The van der Waals surface area contributed by atoms with Gasteiger partial charge in [0.1, 0.15) is 5.75 Å². The molecule has 1 unspecified atom stereocenters. The molecule has 0 aliphatic rings. The van der Waals surface area contributed by atoms with Crippen molar-refractivity contribution < 1.29 is 9.53 Å². The molecule has 4 nitrogen and oxygen atoms in total. The minimum Gasteiger partial charge on any atom is -0.494 e. The molecule has 1 rings (SSSR count). The van der Waals surface area contributed by atoms with Gasteiger partial charge >= 0.3 is 0 Å². The molecule has 1 aromatic rings. The maximum Gasteiger partial charge on any atom is 0.221 e. The summed E-state index contributed by atoms with van der Waals surface area (Å²) in [5.74, 6) is 0.173. The minimum atomic E-state index is -0.445. The average molecular weight is 260 g/mol. The first-order chi connectivity index (χ1) is 9.06. The zero-order valence-electron chi connectivity index (χ0n) is 11.6. The number of nitrogens with zero attached hydrogens (tertiary/aromatic N) is 1. The van der Waals surface area contributed by atoms with Crippen molar-refractivity contribution in [3.8, 4) is 11.8 Å². The molecule has 0 bridgehead atoms. The van der Waals surface area contributed by atoms with Gasteiger partial charge in [-0.15, -0.1) is 0 Å². The Balaban J connectivity index is 2.77. The molecule has 0 saturated heterocycles. The van der Waals surface area contributed by atoms with Crippen molar-refractivity contribution in [2.75, 3.05) is 6.61 Å². The van der Waals surface area contributed by atoms with Crippen LogP contribution in [0.5, 0.6) is 5.75 Å². The number of nitriles is 1. The fraction of sp³-hybridized carbons (Fsp3) is 0.467. The van der Waals surface area contributed by atoms with E-state index < -0.39 is 5.92 Å². The Morgan fingerprint density at radius 1 is 1.47 bits per heavy atom. The summed E-state index contributed by atoms with van der Waals surface area (Å²) < 4.78 is 5.40. The SMILES string of the molecule is CCOc1cccc(C(C#N)CC(=O)NC(C)C)c1. The molecule has 1 atom stereocenters. The van der Waals surface area contributed by atoms with Crippen LogP contribution in [-0.2, 0) is 4.79 Å². The quantitative estimate of drug-likeness (QED) is 0.855. The smallest absolute Gasteiger partial charge is 0.221 e. The van der Waals surface area contributed by atoms with Gasteiger partial charge in [0.05, 0.1) is 18.6 Å². The molecule has 0 fully saturated rings. The third kappa shape index (κ3) is 5.01. The molecular weight excluding hydrogens is 240 g/mol. The Labute approximate surface area is 114 Å². The van der Waals surface area contributed by atoms with Gasteiger partial charge in [0.2, 0.25) is 5.91 Å². The zero-order chi connectivity index (χ0) is 14.3. The highest BCUT2D eigenvalue weighted by atomic mass is 16.5. The maximum absolute atomic E-state index is 11.7. The standard InChI is InChI=1S/C15H20N2O2/c1-4-19-14-7-5-6-12(8-14)13(10-16)9-15(18)17-11(2)3/h5-8,11,13H,4,9H2,1-3H3,(H,17,18). The first-order valence-electron chi connectivity index (χ1n) is 6.48. The van der Waals surface area contributed by atoms with Gasteiger partial charge < -0.3 is 10.1 Å². The molecule has 0 aliphatic carbocycles. The minimum absolute atomic E-state index is 0.0848. The van der Waals surface area contributed by atoms with Crippen molar-refractivity contribution in [1.29, 1.82) is 5.26 Å². The lowest BCUT2D eigenvalue weighted by Gasteiger charge is -2.13. The Bertz CT molecular complexity index is 463. The van der Waals surface area contributed by atoms with Gasteiger partial charge in [0.25, 0.3) is 0 Å². The molecule has 1 N–H and O–H groups in total. The van der Waals surface area contributed by atoms with Crippen LogP contribution in [-0.4, -0.2) is 18.6 Å². The fourth-order valence-corrected chi connectivity index (χ4v) is 1.79. The van der Waals surface area contributed by atoms with Crippen molar-refractivity contribution in [2.24, 2.45) is 0 Å². The Hall–Kier alpha value is -2.02. The molecule has 4 heteroatoms. The summed E-state index contributed by atoms with van der Waals surface area (Å²) in [7, 11) is 0. The van der Waals surface area contributed by atoms with Crippen molar-refractivity contribution >= 4 is 5.91 Å². The summed E-state index contributed by atoms with van der Waals surface area (Å²) >= 11 is 0. The number of carbonyl (C=O) groups is 1. The lowest BCUT2D eigenvalue weighted by molar-refractivity contribution is -0.121. The van der Waals surface area contributed by atoms with E-state index >= 15 is 0 Å². The molecule has 1 aromatic carbocycles. The summed E-state index contributed by atoms with van der Waals surface area (Å²) in [6, 6.07) is 9.61. The predicted molar refractivity (Wildman–Crippen MR) is 73.9 cm³/mol. The van der Waals surface area contributed by atoms with Crippen molar-refractivity contribution in [1.82, 2.24) is 5.32 Å². The molecule has 1 amide bonds. The molecule has 0 aromatic heterocycles. The van der Waals surface area contributed by atoms with Crippen LogP contribution in [0, 0.1) is 11.3 Å². The van der Waals surface area contributed by atoms with Gasteiger partial charge in [0.15, 0.2) is 0 Å². The zero-order valence-corrected chi connectivity index (χ0v) is 11.6. The van der Waals surface area contributed by atoms with Crippen LogP contribution >= 0.6 is 0 Å². The first-order valence-corrected chi connectivity index (χ1v) is 6.48. The highest BCUT2D eigenvalue weighted by molar-refractivity contribution is 5.77. The summed E-state index contributed by atoms with van der Waals surface area (Å²) in [5.41, 5.74) is 0.812. The maximum atomic E-state index is 11.7. The van der Waals surface area contributed by atoms with Gasteiger partial charge in [-0.1, -0.05) is 12.1 Å². The summed E-state index contributed by atoms with van der Waals surface area (Å²) in [6.07, 6.45) is 0.171. The van der Waals surface area contributed by atoms with Crippen LogP contribution in [0.2, 0.25) is 0 Å². The monoisotopic (exact) mass is 260 g/mol. The predicted octanol–water partition coefficient (Wildman–Crippen LogP) is 2.61. The second-order valence-corrected chi connectivity index (χ2v) is 4.61. The van der Waals surface area contributed by atoms with E-state index in [-0.39, 0.29) is 18.4 Å². The Morgan fingerprint density at radius 3 is 2.79 bits per heavy atom. The topological polar surface area (TPSA) is 62.1 Å². The number of rotatable bonds is 6. The van der Waals surface area contributed by atoms with E-state index in [1.165, 1.54) is 0 Å². The van der Waals surface area contributed by atoms with E-state index in [9.17, 15) is 10.1 Å². The van der Waals surface area contributed by atoms with Crippen LogP contribution in [0.3, 0.4) is 0 Å². The fourth-order valence-electron chi connectivity index (χ4n) is 1.79. The molecule has 19 heavy (non-hydrogen) atoms. The number of ether oxygens (including phenoxy) is 1. The van der Waals surface area contributed by atoms with Crippen molar-refractivity contribution in [3.05, 3.63) is 29.8 Å². The van der Waals surface area contributed by atoms with Gasteiger partial charge in [-0.2, -0.15) is 5.26 Å². The summed E-state index contributed by atoms with van der Waals surface area (Å²) in [5, 5.41) is 12.0. The molecule has 0 heterocycles. The number of hydrogen-bond acceptors (Lipinski definition) is 3. The lowest BCUT2D eigenvalue weighted by atomic mass is 9.96. The largest absolute Gasteiger partial charge is 0.494 e. The van der Waals surface area contributed by atoms with Crippen LogP contribution in [0.4, 0.5) is 0 Å². The molecule has 0 spiro atoms. The third-order valence-electron chi connectivity index (χ3n) is 2.57. The molecule has 102 valence electrons. The molecule has 0 saturated carbocycles. The average Bonchev–Trinajstić information content (AvgIpc) is 2.36. The van der Waals surface area contributed by atoms with Gasteiger partial charge in [-0.25, -0.2) is 0 Å². The Morgan fingerprint density at radius 2 is 2.21 bits per heavy atom. The second kappa shape index (κ2) is 7.42. The number of carbonyl (C=O) groups excluding carboxylic acids is 1. The normalized spacial score (nSPS) is 11.7. The Kier molecular flexibility index (Phi) is 5.87.